The molecule has 0 aromatic rings. The number of hydrogen-bond acceptors (Lipinski definition) is 3. The molecular weight excluding hydrogens is 222 g/mol. The van der Waals surface area contributed by atoms with E-state index in [9.17, 15) is 14.7 Å². The van der Waals surface area contributed by atoms with Crippen LogP contribution in [0.3, 0.4) is 0 Å². The average molecular weight is 241 g/mol. The highest BCUT2D eigenvalue weighted by molar-refractivity contribution is 6.01. The van der Waals surface area contributed by atoms with E-state index < -0.39 is 5.97 Å². The zero-order valence-electron chi connectivity index (χ0n) is 10.2. The summed E-state index contributed by atoms with van der Waals surface area (Å²) in [4.78, 5) is 22.5. The number of carbonyl (C=O) groups excluding carboxylic acids is 1. The summed E-state index contributed by atoms with van der Waals surface area (Å²) in [5.74, 6) is -1.40. The molecule has 0 heterocycles. The van der Waals surface area contributed by atoms with Gasteiger partial charge in [-0.3, -0.25) is 4.79 Å². The third-order valence-corrected chi connectivity index (χ3v) is 3.26. The maximum atomic E-state index is 11.7. The van der Waals surface area contributed by atoms with Crippen LogP contribution in [0.25, 0.3) is 0 Å². The van der Waals surface area contributed by atoms with E-state index in [1.165, 1.54) is 13.8 Å². The number of carbonyl (C=O) groups is 2. The molecule has 1 saturated carbocycles. The van der Waals surface area contributed by atoms with E-state index in [0.29, 0.717) is 12.8 Å². The van der Waals surface area contributed by atoms with Crippen LogP contribution in [0.15, 0.2) is 11.1 Å². The van der Waals surface area contributed by atoms with Gasteiger partial charge in [-0.15, -0.1) is 0 Å². The number of nitrogens with one attached hydrogen (secondary N) is 1. The van der Waals surface area contributed by atoms with Crippen molar-refractivity contribution in [2.75, 3.05) is 0 Å². The molecule has 0 unspecified atom stereocenters. The van der Waals surface area contributed by atoms with E-state index in [1.807, 2.05) is 0 Å². The first-order valence-electron chi connectivity index (χ1n) is 5.81. The minimum absolute atomic E-state index is 0.0439. The van der Waals surface area contributed by atoms with Crippen LogP contribution in [0, 0.1) is 0 Å². The highest BCUT2D eigenvalue weighted by atomic mass is 16.4. The number of amides is 1. The van der Waals surface area contributed by atoms with Gasteiger partial charge in [0.05, 0.1) is 6.10 Å². The zero-order valence-corrected chi connectivity index (χ0v) is 10.2. The highest BCUT2D eigenvalue weighted by Gasteiger charge is 2.22. The SMILES string of the molecule is CC(C(=O)O)=C(C)C(=O)NC1CCC(O)CC1. The lowest BCUT2D eigenvalue weighted by atomic mass is 9.93. The van der Waals surface area contributed by atoms with Gasteiger partial charge in [0.15, 0.2) is 0 Å². The fourth-order valence-corrected chi connectivity index (χ4v) is 1.84. The van der Waals surface area contributed by atoms with E-state index in [1.54, 1.807) is 0 Å². The van der Waals surface area contributed by atoms with Gasteiger partial charge in [-0.2, -0.15) is 0 Å². The molecule has 0 atom stereocenters. The molecule has 1 aliphatic carbocycles. The molecule has 1 amide bonds. The van der Waals surface area contributed by atoms with Crippen LogP contribution in [0.1, 0.15) is 39.5 Å². The number of aliphatic hydroxyl groups excluding tert-OH is 1. The van der Waals surface area contributed by atoms with Gasteiger partial charge in [-0.05, 0) is 39.5 Å². The summed E-state index contributed by atoms with van der Waals surface area (Å²) >= 11 is 0. The largest absolute Gasteiger partial charge is 0.478 e. The Hall–Kier alpha value is -1.36. The van der Waals surface area contributed by atoms with Crippen LogP contribution in [-0.4, -0.2) is 34.2 Å². The topological polar surface area (TPSA) is 86.6 Å². The lowest BCUT2D eigenvalue weighted by Crippen LogP contribution is -2.39. The molecule has 96 valence electrons. The molecule has 0 aliphatic heterocycles. The summed E-state index contributed by atoms with van der Waals surface area (Å²) in [6, 6.07) is 0.0439. The van der Waals surface area contributed by atoms with Crippen molar-refractivity contribution >= 4 is 11.9 Å². The van der Waals surface area contributed by atoms with Crippen molar-refractivity contribution in [3.05, 3.63) is 11.1 Å². The smallest absolute Gasteiger partial charge is 0.331 e. The molecule has 0 spiro atoms. The molecule has 1 aliphatic rings. The Morgan fingerprint density at radius 3 is 2.06 bits per heavy atom. The number of hydrogen-bond donors (Lipinski definition) is 3. The normalized spacial score (nSPS) is 26.1. The maximum Gasteiger partial charge on any atom is 0.331 e. The Labute approximate surface area is 101 Å². The van der Waals surface area contributed by atoms with Crippen LogP contribution in [0.2, 0.25) is 0 Å². The number of aliphatic hydroxyl groups is 1. The number of aliphatic carboxylic acids is 1. The summed E-state index contributed by atoms with van der Waals surface area (Å²) in [5.41, 5.74) is 0.307. The van der Waals surface area contributed by atoms with Crippen LogP contribution >= 0.6 is 0 Å². The molecular formula is C12H19NO4. The predicted molar refractivity (Wildman–Crippen MR) is 62.4 cm³/mol. The Morgan fingerprint density at radius 2 is 1.59 bits per heavy atom. The van der Waals surface area contributed by atoms with E-state index in [-0.39, 0.29) is 29.2 Å². The molecule has 1 fully saturated rings. The summed E-state index contributed by atoms with van der Waals surface area (Å²) in [6.45, 7) is 2.93. The van der Waals surface area contributed by atoms with Gasteiger partial charge in [0.25, 0.3) is 0 Å². The number of carboxylic acid groups (broad SMARTS) is 1. The van der Waals surface area contributed by atoms with Crippen LogP contribution in [0.4, 0.5) is 0 Å². The Balaban J connectivity index is 2.55. The first-order valence-corrected chi connectivity index (χ1v) is 5.81. The van der Waals surface area contributed by atoms with Gasteiger partial charge in [0, 0.05) is 17.2 Å². The number of carboxylic acids is 1. The van der Waals surface area contributed by atoms with Crippen molar-refractivity contribution in [1.82, 2.24) is 5.32 Å². The van der Waals surface area contributed by atoms with Crippen molar-refractivity contribution in [1.29, 1.82) is 0 Å². The molecule has 5 heteroatoms. The van der Waals surface area contributed by atoms with Crippen LogP contribution in [-0.2, 0) is 9.59 Å². The van der Waals surface area contributed by atoms with Crippen molar-refractivity contribution in [3.63, 3.8) is 0 Å². The lowest BCUT2D eigenvalue weighted by molar-refractivity contribution is -0.133. The Morgan fingerprint density at radius 1 is 1.06 bits per heavy atom. The monoisotopic (exact) mass is 241 g/mol. The number of rotatable bonds is 3. The standard InChI is InChI=1S/C12H19NO4/c1-7(8(2)12(16)17)11(15)13-9-3-5-10(14)6-4-9/h9-10,14H,3-6H2,1-2H3,(H,13,15)(H,16,17). The van der Waals surface area contributed by atoms with Gasteiger partial charge < -0.3 is 15.5 Å². The van der Waals surface area contributed by atoms with E-state index >= 15 is 0 Å². The molecule has 17 heavy (non-hydrogen) atoms. The minimum atomic E-state index is -1.07. The van der Waals surface area contributed by atoms with Gasteiger partial charge >= 0.3 is 5.97 Å². The third-order valence-electron chi connectivity index (χ3n) is 3.26. The van der Waals surface area contributed by atoms with Crippen molar-refractivity contribution in [2.24, 2.45) is 0 Å². The molecule has 3 N–H and O–H groups in total. The van der Waals surface area contributed by atoms with Crippen LogP contribution < -0.4 is 5.32 Å². The van der Waals surface area contributed by atoms with Gasteiger partial charge in [-0.25, -0.2) is 4.79 Å². The van der Waals surface area contributed by atoms with Crippen molar-refractivity contribution in [2.45, 2.75) is 51.7 Å². The summed E-state index contributed by atoms with van der Waals surface area (Å²) < 4.78 is 0. The second-order valence-electron chi connectivity index (χ2n) is 4.53. The lowest BCUT2D eigenvalue weighted by Gasteiger charge is -2.26. The van der Waals surface area contributed by atoms with Gasteiger partial charge in [-0.1, -0.05) is 0 Å². The van der Waals surface area contributed by atoms with Crippen molar-refractivity contribution in [3.8, 4) is 0 Å². The summed E-state index contributed by atoms with van der Waals surface area (Å²) in [7, 11) is 0. The van der Waals surface area contributed by atoms with E-state index in [4.69, 9.17) is 5.11 Å². The highest BCUT2D eigenvalue weighted by Crippen LogP contribution is 2.18. The van der Waals surface area contributed by atoms with E-state index in [0.717, 1.165) is 12.8 Å². The predicted octanol–water partition coefficient (Wildman–Crippen LogP) is 0.827. The molecule has 0 saturated heterocycles. The maximum absolute atomic E-state index is 11.7. The summed E-state index contributed by atoms with van der Waals surface area (Å²) in [6.07, 6.45) is 2.59. The third kappa shape index (κ3) is 3.85. The molecule has 0 aromatic heterocycles. The average Bonchev–Trinajstić information content (AvgIpc) is 2.30. The Kier molecular flexibility index (Phi) is 4.69. The van der Waals surface area contributed by atoms with Crippen molar-refractivity contribution < 1.29 is 19.8 Å². The van der Waals surface area contributed by atoms with E-state index in [2.05, 4.69) is 5.32 Å². The van der Waals surface area contributed by atoms with Gasteiger partial charge in [0.1, 0.15) is 0 Å². The second kappa shape index (κ2) is 5.82. The molecule has 0 radical (unpaired) electrons. The van der Waals surface area contributed by atoms with Gasteiger partial charge in [0.2, 0.25) is 5.91 Å². The molecule has 5 nitrogen and oxygen atoms in total. The second-order valence-corrected chi connectivity index (χ2v) is 4.53. The first kappa shape index (κ1) is 13.7. The zero-order chi connectivity index (χ0) is 13.0. The minimum Gasteiger partial charge on any atom is -0.478 e. The van der Waals surface area contributed by atoms with Crippen LogP contribution in [0.5, 0.6) is 0 Å². The summed E-state index contributed by atoms with van der Waals surface area (Å²) in [5, 5.41) is 20.9. The molecule has 0 bridgehead atoms. The molecule has 0 aromatic carbocycles. The fourth-order valence-electron chi connectivity index (χ4n) is 1.84. The first-order chi connectivity index (χ1) is 7.91. The fraction of sp³-hybridized carbons (Fsp3) is 0.667. The Bertz CT molecular complexity index is 340. The quantitative estimate of drug-likeness (QED) is 0.639. The molecule has 1 rings (SSSR count).